The number of unbranched alkanes of at least 4 members (excludes halogenated alkanes) is 6. The van der Waals surface area contributed by atoms with Gasteiger partial charge in [0.15, 0.2) is 0 Å². The molecule has 0 aliphatic heterocycles. The molecular weight excluding hydrogens is 510 g/mol. The van der Waals surface area contributed by atoms with E-state index in [-0.39, 0.29) is 54.5 Å². The van der Waals surface area contributed by atoms with Crippen molar-refractivity contribution in [3.05, 3.63) is 67.1 Å². The summed E-state index contributed by atoms with van der Waals surface area (Å²) in [6, 6.07) is 13.8. The Morgan fingerprint density at radius 1 is 0.853 bits per heavy atom. The van der Waals surface area contributed by atoms with Gasteiger partial charge in [-0.15, -0.1) is 52.3 Å². The largest absolute Gasteiger partial charge is 4.00 e. The van der Waals surface area contributed by atoms with Crippen molar-refractivity contribution in [2.24, 2.45) is 11.8 Å². The molecular formula is C30H43Cl2PTi. The Morgan fingerprint density at radius 2 is 1.50 bits per heavy atom. The number of rotatable bonds is 11. The van der Waals surface area contributed by atoms with E-state index in [4.69, 9.17) is 0 Å². The average molecular weight is 553 g/mol. The standard InChI is InChI=1S/C21H32P.C9H11.2ClH.Ti/c1-3-5-7-11-15-22(16-12-8-6-4-2)21-17-19-13-9-10-14-20(19)18-21;1-2-5-9-7-3-6-8(9)4-1;;;/h9-10,13-14,17-18H,3-8,11-12,15-16H2,1-2H3;1-2,4-6,8-9H,3,7H2;2*1H;/q2*-1;;;+4/p-2. The number of halogens is 2. The van der Waals surface area contributed by atoms with Gasteiger partial charge in [-0.05, 0) is 31.1 Å². The molecule has 0 radical (unpaired) electrons. The van der Waals surface area contributed by atoms with Gasteiger partial charge in [0.1, 0.15) is 0 Å². The molecule has 186 valence electrons. The molecule has 2 atom stereocenters. The van der Waals surface area contributed by atoms with E-state index in [1.807, 2.05) is 0 Å². The third-order valence-corrected chi connectivity index (χ3v) is 9.47. The molecule has 0 N–H and O–H groups in total. The van der Waals surface area contributed by atoms with Crippen LogP contribution in [0, 0.1) is 18.3 Å². The van der Waals surface area contributed by atoms with Crippen LogP contribution in [0.4, 0.5) is 0 Å². The zero-order valence-corrected chi connectivity index (χ0v) is 25.2. The van der Waals surface area contributed by atoms with Crippen molar-refractivity contribution >= 4 is 24.0 Å². The molecule has 2 aliphatic carbocycles. The van der Waals surface area contributed by atoms with Gasteiger partial charge in [0, 0.05) is 0 Å². The molecule has 0 saturated heterocycles. The molecule has 0 heterocycles. The molecule has 0 aromatic heterocycles. The second kappa shape index (κ2) is 20.1. The minimum absolute atomic E-state index is 0. The topological polar surface area (TPSA) is 0 Å². The summed E-state index contributed by atoms with van der Waals surface area (Å²) in [6.07, 6.45) is 28.1. The van der Waals surface area contributed by atoms with Gasteiger partial charge in [-0.3, -0.25) is 0 Å². The predicted molar refractivity (Wildman–Crippen MR) is 143 cm³/mol. The van der Waals surface area contributed by atoms with E-state index in [1.54, 1.807) is 5.30 Å². The van der Waals surface area contributed by atoms with E-state index in [0.29, 0.717) is 0 Å². The molecule has 4 rings (SSSR count). The van der Waals surface area contributed by atoms with Gasteiger partial charge < -0.3 is 31.2 Å². The normalized spacial score (nSPS) is 17.9. The van der Waals surface area contributed by atoms with E-state index in [9.17, 15) is 0 Å². The molecule has 0 bridgehead atoms. The maximum atomic E-state index is 2.47. The van der Waals surface area contributed by atoms with Gasteiger partial charge in [0.05, 0.1) is 0 Å². The summed E-state index contributed by atoms with van der Waals surface area (Å²) >= 11 is 0. The molecule has 4 heteroatoms. The quantitative estimate of drug-likeness (QED) is 0.174. The zero-order valence-electron chi connectivity index (χ0n) is 21.2. The van der Waals surface area contributed by atoms with Crippen LogP contribution in [0.15, 0.2) is 60.7 Å². The first kappa shape index (κ1) is 34.0. The number of allylic oxidation sites excluding steroid dienone is 4. The fourth-order valence-corrected chi connectivity index (χ4v) is 7.43. The van der Waals surface area contributed by atoms with Crippen molar-refractivity contribution in [1.82, 2.24) is 0 Å². The van der Waals surface area contributed by atoms with Crippen LogP contribution >= 0.6 is 7.92 Å². The summed E-state index contributed by atoms with van der Waals surface area (Å²) in [5, 5.41) is 4.53. The molecule has 2 aromatic carbocycles. The van der Waals surface area contributed by atoms with E-state index in [0.717, 1.165) is 11.8 Å². The van der Waals surface area contributed by atoms with Crippen LogP contribution in [0.1, 0.15) is 78.1 Å². The number of fused-ring (bicyclic) bond motifs is 2. The molecule has 0 amide bonds. The summed E-state index contributed by atoms with van der Waals surface area (Å²) in [4.78, 5) is 0. The van der Waals surface area contributed by atoms with Gasteiger partial charge >= 0.3 is 21.7 Å². The molecule has 1 fully saturated rings. The third kappa shape index (κ3) is 11.4. The monoisotopic (exact) mass is 552 g/mol. The first-order chi connectivity index (χ1) is 15.3. The van der Waals surface area contributed by atoms with Gasteiger partial charge in [-0.25, -0.2) is 0 Å². The van der Waals surface area contributed by atoms with Crippen molar-refractivity contribution < 1.29 is 46.5 Å². The Morgan fingerprint density at radius 3 is 2.12 bits per heavy atom. The van der Waals surface area contributed by atoms with Crippen LogP contribution in [0.2, 0.25) is 0 Å². The SMILES string of the molecule is C1=CC2[CH-]CCC2C=C1.CCCCCCP(CCCCCC)c1cc2ccccc2[cH-]1.[Cl-].[Cl-].[Ti+4]. The van der Waals surface area contributed by atoms with Crippen LogP contribution in [-0.2, 0) is 21.7 Å². The second-order valence-corrected chi connectivity index (χ2v) is 11.8. The predicted octanol–water partition coefficient (Wildman–Crippen LogP) is 3.17. The third-order valence-electron chi connectivity index (χ3n) is 6.77. The Hall–Kier alpha value is 0.0343. The van der Waals surface area contributed by atoms with Crippen LogP contribution in [0.25, 0.3) is 10.8 Å². The summed E-state index contributed by atoms with van der Waals surface area (Å²) in [6.45, 7) is 4.61. The minimum atomic E-state index is 0. The van der Waals surface area contributed by atoms with Crippen LogP contribution in [-0.4, -0.2) is 12.3 Å². The summed E-state index contributed by atoms with van der Waals surface area (Å²) < 4.78 is 0. The molecule has 1 saturated carbocycles. The summed E-state index contributed by atoms with van der Waals surface area (Å²) in [5.41, 5.74) is 0. The fourth-order valence-electron chi connectivity index (χ4n) is 4.84. The van der Waals surface area contributed by atoms with Gasteiger partial charge in [-0.1, -0.05) is 91.0 Å². The van der Waals surface area contributed by atoms with E-state index >= 15 is 0 Å². The van der Waals surface area contributed by atoms with Crippen molar-refractivity contribution in [3.8, 4) is 0 Å². The van der Waals surface area contributed by atoms with Crippen molar-refractivity contribution in [2.75, 3.05) is 12.3 Å². The summed E-state index contributed by atoms with van der Waals surface area (Å²) in [5.74, 6) is 1.62. The minimum Gasteiger partial charge on any atom is -1.00 e. The molecule has 2 unspecified atom stereocenters. The Labute approximate surface area is 238 Å². The molecule has 0 spiro atoms. The second-order valence-electron chi connectivity index (χ2n) is 9.27. The first-order valence-electron chi connectivity index (χ1n) is 12.9. The fraction of sp³-hybridized carbons (Fsp3) is 0.533. The number of hydrogen-bond donors (Lipinski definition) is 0. The Kier molecular flexibility index (Phi) is 20.2. The van der Waals surface area contributed by atoms with E-state index in [1.165, 1.54) is 87.3 Å². The maximum Gasteiger partial charge on any atom is 4.00 e. The number of benzene rings is 1. The van der Waals surface area contributed by atoms with Crippen molar-refractivity contribution in [1.29, 1.82) is 0 Å². The van der Waals surface area contributed by atoms with Gasteiger partial charge in [-0.2, -0.15) is 12.5 Å². The van der Waals surface area contributed by atoms with Gasteiger partial charge in [0.2, 0.25) is 0 Å². The summed E-state index contributed by atoms with van der Waals surface area (Å²) in [7, 11) is 0.0642. The number of hydrogen-bond acceptors (Lipinski definition) is 0. The molecule has 2 aromatic rings. The average Bonchev–Trinajstić information content (AvgIpc) is 3.45. The van der Waals surface area contributed by atoms with Crippen molar-refractivity contribution in [3.63, 3.8) is 0 Å². The maximum absolute atomic E-state index is 2.47. The molecule has 0 nitrogen and oxygen atoms in total. The van der Waals surface area contributed by atoms with E-state index < -0.39 is 0 Å². The van der Waals surface area contributed by atoms with E-state index in [2.05, 4.69) is 81.0 Å². The van der Waals surface area contributed by atoms with Crippen LogP contribution < -0.4 is 30.1 Å². The Bertz CT molecular complexity index is 750. The smallest absolute Gasteiger partial charge is 1.00 e. The van der Waals surface area contributed by atoms with Crippen molar-refractivity contribution in [2.45, 2.75) is 78.1 Å². The Balaban J connectivity index is 0.000000764. The zero-order chi connectivity index (χ0) is 21.7. The molecule has 34 heavy (non-hydrogen) atoms. The van der Waals surface area contributed by atoms with Crippen LogP contribution in [0.5, 0.6) is 0 Å². The molecule has 2 aliphatic rings. The first-order valence-corrected chi connectivity index (χ1v) is 14.6. The van der Waals surface area contributed by atoms with Gasteiger partial charge in [0.25, 0.3) is 0 Å². The van der Waals surface area contributed by atoms with Crippen LogP contribution in [0.3, 0.4) is 0 Å².